The summed E-state index contributed by atoms with van der Waals surface area (Å²) in [4.78, 5) is 36.8. The third-order valence-electron chi connectivity index (χ3n) is 5.59. The first kappa shape index (κ1) is 12.3. The fourth-order valence-electron chi connectivity index (χ4n) is 4.70. The number of amides is 2. The summed E-state index contributed by atoms with van der Waals surface area (Å²) in [6, 6.07) is 5.57. The molecular formula is C15H12N2O5. The standard InChI is InChI=1S/C15H12N2O5/c18-14-10-8-5-9(13-12(8)22-13)11(10)15(19)16(14)6-1-3-7(4-2-6)17(20)21/h1-4,8-13H,5H2. The molecule has 2 saturated carbocycles. The van der Waals surface area contributed by atoms with Gasteiger partial charge in [-0.3, -0.25) is 24.6 Å². The second kappa shape index (κ2) is 3.73. The Morgan fingerprint density at radius 3 is 2.09 bits per heavy atom. The van der Waals surface area contributed by atoms with Gasteiger partial charge in [0.1, 0.15) is 0 Å². The van der Waals surface area contributed by atoms with Crippen LogP contribution in [0.4, 0.5) is 11.4 Å². The van der Waals surface area contributed by atoms with E-state index in [1.807, 2.05) is 0 Å². The molecule has 0 radical (unpaired) electrons. The Balaban J connectivity index is 1.50. The summed E-state index contributed by atoms with van der Waals surface area (Å²) in [6.07, 6.45) is 1.25. The van der Waals surface area contributed by atoms with Crippen LogP contribution in [0.25, 0.3) is 0 Å². The van der Waals surface area contributed by atoms with E-state index >= 15 is 0 Å². The first-order valence-electron chi connectivity index (χ1n) is 7.35. The highest BCUT2D eigenvalue weighted by Gasteiger charge is 2.73. The van der Waals surface area contributed by atoms with E-state index in [1.165, 1.54) is 29.2 Å². The van der Waals surface area contributed by atoms with Crippen molar-refractivity contribution in [3.63, 3.8) is 0 Å². The molecule has 4 fully saturated rings. The number of carbonyl (C=O) groups is 2. The lowest BCUT2D eigenvalue weighted by molar-refractivity contribution is -0.384. The Morgan fingerprint density at radius 2 is 1.59 bits per heavy atom. The van der Waals surface area contributed by atoms with Gasteiger partial charge in [0.2, 0.25) is 11.8 Å². The number of ether oxygens (including phenoxy) is 1. The Kier molecular flexibility index (Phi) is 2.08. The molecule has 6 atom stereocenters. The van der Waals surface area contributed by atoms with Crippen LogP contribution in [0, 0.1) is 33.8 Å². The molecule has 0 aromatic heterocycles. The van der Waals surface area contributed by atoms with Crippen LogP contribution in [0.3, 0.4) is 0 Å². The third-order valence-corrected chi connectivity index (χ3v) is 5.59. The van der Waals surface area contributed by atoms with Crippen molar-refractivity contribution in [3.05, 3.63) is 34.4 Å². The summed E-state index contributed by atoms with van der Waals surface area (Å²) in [6.45, 7) is 0. The minimum absolute atomic E-state index is 0.0576. The molecular weight excluding hydrogens is 288 g/mol. The summed E-state index contributed by atoms with van der Waals surface area (Å²) in [5, 5.41) is 10.7. The van der Waals surface area contributed by atoms with Crippen LogP contribution in [0.2, 0.25) is 0 Å². The maximum absolute atomic E-state index is 12.7. The van der Waals surface area contributed by atoms with Crippen LogP contribution in [-0.4, -0.2) is 28.9 Å². The predicted octanol–water partition coefficient (Wildman–Crippen LogP) is 1.12. The SMILES string of the molecule is O=C1C2C3CC(C4OC34)C2C(=O)N1c1ccc([N+](=O)[O-])cc1. The van der Waals surface area contributed by atoms with E-state index < -0.39 is 4.92 Å². The molecule has 0 spiro atoms. The van der Waals surface area contributed by atoms with Gasteiger partial charge >= 0.3 is 0 Å². The fourth-order valence-corrected chi connectivity index (χ4v) is 4.70. The van der Waals surface area contributed by atoms with Crippen LogP contribution >= 0.6 is 0 Å². The van der Waals surface area contributed by atoms with Crippen LogP contribution in [0.5, 0.6) is 0 Å². The Hall–Kier alpha value is -2.28. The van der Waals surface area contributed by atoms with Gasteiger partial charge in [-0.25, -0.2) is 0 Å². The molecule has 2 heterocycles. The summed E-state index contributed by atoms with van der Waals surface area (Å²) in [5.74, 6) is -0.553. The molecule has 2 saturated heterocycles. The lowest BCUT2D eigenvalue weighted by Gasteiger charge is -2.17. The van der Waals surface area contributed by atoms with Crippen LogP contribution in [0.15, 0.2) is 24.3 Å². The van der Waals surface area contributed by atoms with Gasteiger partial charge in [-0.1, -0.05) is 0 Å². The molecule has 4 aliphatic rings. The average molecular weight is 300 g/mol. The van der Waals surface area contributed by atoms with Gasteiger partial charge in [-0.15, -0.1) is 0 Å². The number of imide groups is 1. The van der Waals surface area contributed by atoms with Gasteiger partial charge in [0.15, 0.2) is 0 Å². The van der Waals surface area contributed by atoms with Crippen LogP contribution in [-0.2, 0) is 14.3 Å². The molecule has 1 aromatic carbocycles. The number of epoxide rings is 1. The fraction of sp³-hybridized carbons (Fsp3) is 0.467. The van der Waals surface area contributed by atoms with Crippen LogP contribution < -0.4 is 4.90 Å². The number of hydrogen-bond donors (Lipinski definition) is 0. The highest BCUT2D eigenvalue weighted by molar-refractivity contribution is 6.22. The van der Waals surface area contributed by atoms with E-state index in [2.05, 4.69) is 0 Å². The highest BCUT2D eigenvalue weighted by Crippen LogP contribution is 2.64. The molecule has 0 N–H and O–H groups in total. The third kappa shape index (κ3) is 1.30. The predicted molar refractivity (Wildman–Crippen MR) is 72.8 cm³/mol. The van der Waals surface area contributed by atoms with E-state index in [-0.39, 0.29) is 53.4 Å². The Labute approximate surface area is 125 Å². The zero-order chi connectivity index (χ0) is 15.2. The van der Waals surface area contributed by atoms with Crippen molar-refractivity contribution in [3.8, 4) is 0 Å². The maximum Gasteiger partial charge on any atom is 0.269 e. The number of benzene rings is 1. The largest absolute Gasteiger partial charge is 0.369 e. The van der Waals surface area contributed by atoms with E-state index in [1.54, 1.807) is 0 Å². The molecule has 1 aromatic rings. The summed E-state index contributed by atoms with van der Waals surface area (Å²) >= 11 is 0. The number of hydrogen-bond acceptors (Lipinski definition) is 5. The van der Waals surface area contributed by atoms with Gasteiger partial charge in [-0.05, 0) is 18.6 Å². The lowest BCUT2D eigenvalue weighted by Crippen LogP contribution is -2.33. The van der Waals surface area contributed by atoms with E-state index in [0.717, 1.165) is 6.42 Å². The van der Waals surface area contributed by atoms with Gasteiger partial charge in [-0.2, -0.15) is 0 Å². The van der Waals surface area contributed by atoms with Crippen molar-refractivity contribution in [1.29, 1.82) is 0 Å². The summed E-state index contributed by atoms with van der Waals surface area (Å²) in [7, 11) is 0. The van der Waals surface area contributed by atoms with Crippen molar-refractivity contribution in [2.75, 3.05) is 4.90 Å². The monoisotopic (exact) mass is 300 g/mol. The van der Waals surface area contributed by atoms with Gasteiger partial charge in [0.25, 0.3) is 5.69 Å². The first-order valence-corrected chi connectivity index (χ1v) is 7.35. The molecule has 22 heavy (non-hydrogen) atoms. The van der Waals surface area contributed by atoms with E-state index in [0.29, 0.717) is 5.69 Å². The Morgan fingerprint density at radius 1 is 1.05 bits per heavy atom. The van der Waals surface area contributed by atoms with Crippen molar-refractivity contribution >= 4 is 23.2 Å². The van der Waals surface area contributed by atoms with Gasteiger partial charge in [0, 0.05) is 24.0 Å². The summed E-state index contributed by atoms with van der Waals surface area (Å²) in [5.41, 5.74) is 0.363. The molecule has 7 heteroatoms. The molecule has 6 unspecified atom stereocenters. The lowest BCUT2D eigenvalue weighted by atomic mass is 9.81. The topological polar surface area (TPSA) is 93.1 Å². The van der Waals surface area contributed by atoms with Crippen molar-refractivity contribution in [2.24, 2.45) is 23.7 Å². The zero-order valence-electron chi connectivity index (χ0n) is 11.4. The number of nitrogens with zero attached hydrogens (tertiary/aromatic N) is 2. The van der Waals surface area contributed by atoms with Crippen molar-refractivity contribution in [2.45, 2.75) is 18.6 Å². The normalized spacial score (nSPS) is 40.8. The molecule has 2 bridgehead atoms. The maximum atomic E-state index is 12.7. The molecule has 5 rings (SSSR count). The molecule has 7 nitrogen and oxygen atoms in total. The van der Waals surface area contributed by atoms with Gasteiger partial charge < -0.3 is 4.74 Å². The highest BCUT2D eigenvalue weighted by atomic mass is 16.6. The number of anilines is 1. The molecule has 2 amide bonds. The van der Waals surface area contributed by atoms with Crippen molar-refractivity contribution < 1.29 is 19.2 Å². The minimum atomic E-state index is -0.503. The van der Waals surface area contributed by atoms with Crippen LogP contribution in [0.1, 0.15) is 6.42 Å². The number of fused-ring (bicyclic) bond motifs is 8. The number of nitro groups is 1. The quantitative estimate of drug-likeness (QED) is 0.353. The molecule has 112 valence electrons. The van der Waals surface area contributed by atoms with E-state index in [9.17, 15) is 19.7 Å². The summed E-state index contributed by atoms with van der Waals surface area (Å²) < 4.78 is 5.56. The second-order valence-corrected chi connectivity index (χ2v) is 6.47. The van der Waals surface area contributed by atoms with Crippen molar-refractivity contribution in [1.82, 2.24) is 0 Å². The first-order chi connectivity index (χ1) is 10.6. The van der Waals surface area contributed by atoms with Gasteiger partial charge in [0.05, 0.1) is 34.7 Å². The number of non-ortho nitro benzene ring substituents is 1. The smallest absolute Gasteiger partial charge is 0.269 e. The number of nitro benzene ring substituents is 1. The average Bonchev–Trinajstić information content (AvgIpc) is 3.02. The number of rotatable bonds is 2. The van der Waals surface area contributed by atoms with E-state index in [4.69, 9.17) is 4.74 Å². The molecule has 2 aliphatic carbocycles. The zero-order valence-corrected chi connectivity index (χ0v) is 11.4. The Bertz CT molecular complexity index is 698. The minimum Gasteiger partial charge on any atom is -0.369 e. The number of carbonyl (C=O) groups excluding carboxylic acids is 2. The second-order valence-electron chi connectivity index (χ2n) is 6.47. The molecule has 2 aliphatic heterocycles.